The van der Waals surface area contributed by atoms with Crippen molar-refractivity contribution in [1.82, 2.24) is 0 Å². The molecule has 0 fully saturated rings. The number of anilines is 2. The molecule has 90 valence electrons. The molecule has 0 aliphatic carbocycles. The Morgan fingerprint density at radius 1 is 1.47 bits per heavy atom. The standard InChI is InChI=1S/C14H19N3/c1-11-4-5-12-10-13(16(2)3)6-7-14(12)17(11)9-8-15/h6-7,10-11H,4-5,9H2,1-3H3. The van der Waals surface area contributed by atoms with Crippen LogP contribution in [0.3, 0.4) is 0 Å². The first-order valence-electron chi connectivity index (χ1n) is 6.07. The van der Waals surface area contributed by atoms with Gasteiger partial charge in [-0.3, -0.25) is 0 Å². The molecule has 1 atom stereocenters. The van der Waals surface area contributed by atoms with Gasteiger partial charge in [-0.1, -0.05) is 0 Å². The summed E-state index contributed by atoms with van der Waals surface area (Å²) in [5, 5.41) is 8.90. The molecule has 0 amide bonds. The zero-order chi connectivity index (χ0) is 12.4. The van der Waals surface area contributed by atoms with E-state index in [0.29, 0.717) is 12.6 Å². The van der Waals surface area contributed by atoms with Crippen LogP contribution in [0.2, 0.25) is 0 Å². The van der Waals surface area contributed by atoms with Gasteiger partial charge < -0.3 is 9.80 Å². The van der Waals surface area contributed by atoms with Gasteiger partial charge in [-0.15, -0.1) is 0 Å². The van der Waals surface area contributed by atoms with E-state index in [1.807, 2.05) is 0 Å². The molecule has 0 saturated carbocycles. The molecular formula is C14H19N3. The van der Waals surface area contributed by atoms with Crippen molar-refractivity contribution < 1.29 is 0 Å². The van der Waals surface area contributed by atoms with Crippen molar-refractivity contribution in [2.45, 2.75) is 25.8 Å². The van der Waals surface area contributed by atoms with Crippen LogP contribution in [0.5, 0.6) is 0 Å². The number of nitriles is 1. The minimum atomic E-state index is 0.465. The highest BCUT2D eigenvalue weighted by atomic mass is 15.2. The maximum absolute atomic E-state index is 8.90. The van der Waals surface area contributed by atoms with E-state index in [1.165, 1.54) is 16.9 Å². The molecule has 1 unspecified atom stereocenters. The van der Waals surface area contributed by atoms with Crippen LogP contribution >= 0.6 is 0 Å². The highest BCUT2D eigenvalue weighted by Crippen LogP contribution is 2.32. The lowest BCUT2D eigenvalue weighted by atomic mass is 9.96. The molecular weight excluding hydrogens is 210 g/mol. The fourth-order valence-corrected chi connectivity index (χ4v) is 2.41. The van der Waals surface area contributed by atoms with Crippen molar-refractivity contribution >= 4 is 11.4 Å². The van der Waals surface area contributed by atoms with Crippen LogP contribution in [0.1, 0.15) is 18.9 Å². The van der Waals surface area contributed by atoms with Gasteiger partial charge in [0.05, 0.1) is 6.07 Å². The maximum Gasteiger partial charge on any atom is 0.106 e. The Morgan fingerprint density at radius 2 is 2.24 bits per heavy atom. The summed E-state index contributed by atoms with van der Waals surface area (Å²) in [4.78, 5) is 4.32. The Bertz CT molecular complexity index is 445. The summed E-state index contributed by atoms with van der Waals surface area (Å²) >= 11 is 0. The number of hydrogen-bond donors (Lipinski definition) is 0. The van der Waals surface area contributed by atoms with Crippen LogP contribution in [-0.2, 0) is 6.42 Å². The molecule has 1 aromatic carbocycles. The first-order valence-corrected chi connectivity index (χ1v) is 6.07. The number of benzene rings is 1. The highest BCUT2D eigenvalue weighted by molar-refractivity contribution is 5.63. The largest absolute Gasteiger partial charge is 0.378 e. The van der Waals surface area contributed by atoms with Gasteiger partial charge >= 0.3 is 0 Å². The van der Waals surface area contributed by atoms with E-state index in [4.69, 9.17) is 5.26 Å². The van der Waals surface area contributed by atoms with Gasteiger partial charge in [-0.05, 0) is 43.5 Å². The van der Waals surface area contributed by atoms with Crippen molar-refractivity contribution in [3.63, 3.8) is 0 Å². The summed E-state index contributed by atoms with van der Waals surface area (Å²) in [6.45, 7) is 2.68. The van der Waals surface area contributed by atoms with Gasteiger partial charge in [0.2, 0.25) is 0 Å². The van der Waals surface area contributed by atoms with Gasteiger partial charge in [0.25, 0.3) is 0 Å². The van der Waals surface area contributed by atoms with Crippen LogP contribution in [-0.4, -0.2) is 26.7 Å². The maximum atomic E-state index is 8.90. The Labute approximate surface area is 103 Å². The van der Waals surface area contributed by atoms with Crippen molar-refractivity contribution in [2.24, 2.45) is 0 Å². The van der Waals surface area contributed by atoms with Crippen LogP contribution in [0.25, 0.3) is 0 Å². The van der Waals surface area contributed by atoms with E-state index in [-0.39, 0.29) is 0 Å². The first-order chi connectivity index (χ1) is 8.13. The summed E-state index contributed by atoms with van der Waals surface area (Å²) in [6, 6.07) is 9.25. The van der Waals surface area contributed by atoms with E-state index >= 15 is 0 Å². The summed E-state index contributed by atoms with van der Waals surface area (Å²) in [5.74, 6) is 0. The third-order valence-electron chi connectivity index (χ3n) is 3.49. The topological polar surface area (TPSA) is 30.3 Å². The third kappa shape index (κ3) is 2.21. The Kier molecular flexibility index (Phi) is 3.23. The van der Waals surface area contributed by atoms with Crippen molar-refractivity contribution in [3.8, 4) is 6.07 Å². The second-order valence-corrected chi connectivity index (χ2v) is 4.88. The molecule has 1 heterocycles. The number of fused-ring (bicyclic) bond motifs is 1. The predicted molar refractivity (Wildman–Crippen MR) is 71.5 cm³/mol. The molecule has 0 radical (unpaired) electrons. The molecule has 3 nitrogen and oxygen atoms in total. The Balaban J connectivity index is 2.38. The normalized spacial score (nSPS) is 18.5. The molecule has 0 saturated heterocycles. The number of nitrogens with zero attached hydrogens (tertiary/aromatic N) is 3. The minimum Gasteiger partial charge on any atom is -0.378 e. The first kappa shape index (κ1) is 11.8. The number of rotatable bonds is 2. The summed E-state index contributed by atoms with van der Waals surface area (Å²) in [7, 11) is 4.11. The van der Waals surface area contributed by atoms with E-state index in [0.717, 1.165) is 12.8 Å². The van der Waals surface area contributed by atoms with Gasteiger partial charge in [-0.2, -0.15) is 5.26 Å². The molecule has 0 bridgehead atoms. The van der Waals surface area contributed by atoms with Crippen LogP contribution in [0, 0.1) is 11.3 Å². The van der Waals surface area contributed by atoms with E-state index in [9.17, 15) is 0 Å². The SMILES string of the molecule is CC1CCc2cc(N(C)C)ccc2N1CC#N. The number of hydrogen-bond acceptors (Lipinski definition) is 3. The molecule has 1 aliphatic rings. The average molecular weight is 229 g/mol. The summed E-state index contributed by atoms with van der Waals surface area (Å²) in [5.41, 5.74) is 3.83. The predicted octanol–water partition coefficient (Wildman–Crippen LogP) is 2.42. The lowest BCUT2D eigenvalue weighted by Gasteiger charge is -2.35. The quantitative estimate of drug-likeness (QED) is 0.730. The van der Waals surface area contributed by atoms with E-state index < -0.39 is 0 Å². The fraction of sp³-hybridized carbons (Fsp3) is 0.500. The van der Waals surface area contributed by atoms with Crippen molar-refractivity contribution in [3.05, 3.63) is 23.8 Å². The smallest absolute Gasteiger partial charge is 0.106 e. The summed E-state index contributed by atoms with van der Waals surface area (Å²) in [6.07, 6.45) is 2.24. The van der Waals surface area contributed by atoms with Crippen LogP contribution < -0.4 is 9.80 Å². The molecule has 1 aromatic rings. The highest BCUT2D eigenvalue weighted by Gasteiger charge is 2.22. The molecule has 3 heteroatoms. The zero-order valence-electron chi connectivity index (χ0n) is 10.8. The number of aryl methyl sites for hydroxylation is 1. The molecule has 1 aliphatic heterocycles. The zero-order valence-corrected chi connectivity index (χ0v) is 10.8. The van der Waals surface area contributed by atoms with Gasteiger partial charge in [-0.25, -0.2) is 0 Å². The summed E-state index contributed by atoms with van der Waals surface area (Å²) < 4.78 is 0. The Morgan fingerprint density at radius 3 is 2.88 bits per heavy atom. The van der Waals surface area contributed by atoms with E-state index in [1.54, 1.807) is 0 Å². The second kappa shape index (κ2) is 4.67. The third-order valence-corrected chi connectivity index (χ3v) is 3.49. The lowest BCUT2D eigenvalue weighted by Crippen LogP contribution is -2.37. The van der Waals surface area contributed by atoms with E-state index in [2.05, 4.69) is 55.1 Å². The van der Waals surface area contributed by atoms with Gasteiger partial charge in [0, 0.05) is 31.5 Å². The van der Waals surface area contributed by atoms with Gasteiger partial charge in [0.15, 0.2) is 0 Å². The Hall–Kier alpha value is -1.69. The van der Waals surface area contributed by atoms with Crippen LogP contribution in [0.4, 0.5) is 11.4 Å². The molecule has 0 spiro atoms. The van der Waals surface area contributed by atoms with Gasteiger partial charge in [0.1, 0.15) is 6.54 Å². The molecule has 2 rings (SSSR count). The monoisotopic (exact) mass is 229 g/mol. The van der Waals surface area contributed by atoms with Crippen molar-refractivity contribution in [1.29, 1.82) is 5.26 Å². The van der Waals surface area contributed by atoms with Crippen molar-refractivity contribution in [2.75, 3.05) is 30.4 Å². The molecule has 17 heavy (non-hydrogen) atoms. The lowest BCUT2D eigenvalue weighted by molar-refractivity contribution is 0.584. The second-order valence-electron chi connectivity index (χ2n) is 4.88. The minimum absolute atomic E-state index is 0.465. The average Bonchev–Trinajstić information content (AvgIpc) is 2.32. The fourth-order valence-electron chi connectivity index (χ4n) is 2.41. The molecule has 0 aromatic heterocycles. The van der Waals surface area contributed by atoms with Crippen LogP contribution in [0.15, 0.2) is 18.2 Å². The molecule has 0 N–H and O–H groups in total.